The van der Waals surface area contributed by atoms with Crippen molar-refractivity contribution in [1.29, 1.82) is 0 Å². The van der Waals surface area contributed by atoms with Gasteiger partial charge in [-0.1, -0.05) is 13.8 Å². The van der Waals surface area contributed by atoms with E-state index in [1.54, 1.807) is 0 Å². The molecule has 0 aromatic rings. The predicted molar refractivity (Wildman–Crippen MR) is 80.1 cm³/mol. The summed E-state index contributed by atoms with van der Waals surface area (Å²) < 4.78 is 0. The van der Waals surface area contributed by atoms with Gasteiger partial charge in [-0.25, -0.2) is 0 Å². The molecule has 4 unspecified atom stereocenters. The number of hydrogen-bond donors (Lipinski definition) is 1. The molecule has 2 N–H and O–H groups in total. The zero-order valence-electron chi connectivity index (χ0n) is 12.9. The van der Waals surface area contributed by atoms with Gasteiger partial charge in [-0.05, 0) is 44.4 Å². The summed E-state index contributed by atoms with van der Waals surface area (Å²) in [6.45, 7) is 11.8. The van der Waals surface area contributed by atoms with Crippen LogP contribution in [0.3, 0.4) is 0 Å². The highest BCUT2D eigenvalue weighted by atomic mass is 15.3. The normalized spacial score (nSPS) is 45.8. The minimum absolute atomic E-state index is 0.269. The van der Waals surface area contributed by atoms with Crippen molar-refractivity contribution < 1.29 is 0 Å². The summed E-state index contributed by atoms with van der Waals surface area (Å²) >= 11 is 0. The molecule has 3 nitrogen and oxygen atoms in total. The van der Waals surface area contributed by atoms with E-state index >= 15 is 0 Å². The fraction of sp³-hybridized carbons (Fsp3) is 1.00. The molecule has 0 radical (unpaired) electrons. The maximum atomic E-state index is 6.27. The van der Waals surface area contributed by atoms with Crippen molar-refractivity contribution in [2.24, 2.45) is 17.6 Å². The molecule has 2 heterocycles. The minimum Gasteiger partial charge on any atom is -0.329 e. The molecule has 1 saturated carbocycles. The van der Waals surface area contributed by atoms with Gasteiger partial charge in [0.1, 0.15) is 0 Å². The minimum atomic E-state index is 0.269. The van der Waals surface area contributed by atoms with Crippen molar-refractivity contribution in [1.82, 2.24) is 9.80 Å². The average Bonchev–Trinajstić information content (AvgIpc) is 3.14. The Bertz CT molecular complexity index is 328. The zero-order chi connectivity index (χ0) is 13.6. The van der Waals surface area contributed by atoms with Crippen LogP contribution >= 0.6 is 0 Å². The molecule has 3 rings (SSSR count). The van der Waals surface area contributed by atoms with Crippen LogP contribution in [0.1, 0.15) is 46.5 Å². The second kappa shape index (κ2) is 5.01. The molecule has 0 spiro atoms. The smallest absolute Gasteiger partial charge is 0.0473 e. The monoisotopic (exact) mass is 265 g/mol. The Morgan fingerprint density at radius 3 is 2.58 bits per heavy atom. The second-order valence-corrected chi connectivity index (χ2v) is 7.59. The largest absolute Gasteiger partial charge is 0.329 e. The number of rotatable bonds is 3. The highest BCUT2D eigenvalue weighted by Crippen LogP contribution is 2.40. The lowest BCUT2D eigenvalue weighted by atomic mass is 9.81. The summed E-state index contributed by atoms with van der Waals surface area (Å²) in [5.41, 5.74) is 6.54. The quantitative estimate of drug-likeness (QED) is 0.846. The van der Waals surface area contributed by atoms with Crippen molar-refractivity contribution in [3.05, 3.63) is 0 Å². The van der Waals surface area contributed by atoms with E-state index in [2.05, 4.69) is 30.6 Å². The number of nitrogens with two attached hydrogens (primary N) is 1. The van der Waals surface area contributed by atoms with Crippen molar-refractivity contribution in [3.8, 4) is 0 Å². The molecule has 19 heavy (non-hydrogen) atoms. The molecule has 110 valence electrons. The van der Waals surface area contributed by atoms with E-state index in [1.807, 2.05) is 0 Å². The lowest BCUT2D eigenvalue weighted by Gasteiger charge is -2.51. The molecule has 3 aliphatic rings. The summed E-state index contributed by atoms with van der Waals surface area (Å²) in [4.78, 5) is 5.50. The Kier molecular flexibility index (Phi) is 3.65. The Hall–Kier alpha value is -0.120. The molecule has 1 aliphatic carbocycles. The first kappa shape index (κ1) is 13.8. The fourth-order valence-electron chi connectivity index (χ4n) is 4.50. The molecule has 2 aliphatic heterocycles. The Balaban J connectivity index is 1.76. The van der Waals surface area contributed by atoms with Crippen LogP contribution in [-0.4, -0.2) is 53.6 Å². The van der Waals surface area contributed by atoms with E-state index in [0.29, 0.717) is 6.04 Å². The molecule has 0 aromatic heterocycles. The van der Waals surface area contributed by atoms with E-state index in [4.69, 9.17) is 5.73 Å². The molecule has 0 amide bonds. The Labute approximate surface area is 118 Å². The molecule has 4 atom stereocenters. The molecule has 0 bridgehead atoms. The van der Waals surface area contributed by atoms with Gasteiger partial charge in [0, 0.05) is 43.8 Å². The van der Waals surface area contributed by atoms with E-state index < -0.39 is 0 Å². The molecular weight excluding hydrogens is 234 g/mol. The topological polar surface area (TPSA) is 32.5 Å². The highest BCUT2D eigenvalue weighted by Gasteiger charge is 2.49. The third-order valence-electron chi connectivity index (χ3n) is 6.01. The van der Waals surface area contributed by atoms with Crippen LogP contribution in [0.5, 0.6) is 0 Å². The molecule has 0 aromatic carbocycles. The first-order chi connectivity index (χ1) is 9.05. The van der Waals surface area contributed by atoms with Crippen LogP contribution in [0.2, 0.25) is 0 Å². The van der Waals surface area contributed by atoms with Crippen molar-refractivity contribution >= 4 is 0 Å². The van der Waals surface area contributed by atoms with Crippen LogP contribution in [0.4, 0.5) is 0 Å². The standard InChI is InChI=1S/C16H31N3/c1-12-8-13(2)14(3)19(9-12)16(10-17)6-7-18(11-16)15-4-5-15/h12-15H,4-11,17H2,1-3H3. The van der Waals surface area contributed by atoms with Gasteiger partial charge in [-0.15, -0.1) is 0 Å². The summed E-state index contributed by atoms with van der Waals surface area (Å²) in [6, 6.07) is 1.59. The second-order valence-electron chi connectivity index (χ2n) is 7.59. The van der Waals surface area contributed by atoms with Crippen LogP contribution in [0.15, 0.2) is 0 Å². The van der Waals surface area contributed by atoms with Gasteiger partial charge >= 0.3 is 0 Å². The molecule has 2 saturated heterocycles. The number of likely N-dealkylation sites (tertiary alicyclic amines) is 2. The first-order valence-electron chi connectivity index (χ1n) is 8.26. The van der Waals surface area contributed by atoms with Crippen LogP contribution < -0.4 is 5.73 Å². The van der Waals surface area contributed by atoms with Gasteiger partial charge in [0.05, 0.1) is 0 Å². The van der Waals surface area contributed by atoms with E-state index in [-0.39, 0.29) is 5.54 Å². The predicted octanol–water partition coefficient (Wildman–Crippen LogP) is 1.92. The van der Waals surface area contributed by atoms with Gasteiger partial charge in [-0.3, -0.25) is 9.80 Å². The van der Waals surface area contributed by atoms with Crippen molar-refractivity contribution in [2.45, 2.75) is 64.1 Å². The van der Waals surface area contributed by atoms with E-state index in [1.165, 1.54) is 45.3 Å². The Morgan fingerprint density at radius 2 is 1.95 bits per heavy atom. The van der Waals surface area contributed by atoms with E-state index in [0.717, 1.165) is 24.4 Å². The lowest BCUT2D eigenvalue weighted by molar-refractivity contribution is -0.0116. The van der Waals surface area contributed by atoms with E-state index in [9.17, 15) is 0 Å². The number of hydrogen-bond acceptors (Lipinski definition) is 3. The van der Waals surface area contributed by atoms with Gasteiger partial charge < -0.3 is 5.73 Å². The van der Waals surface area contributed by atoms with Gasteiger partial charge in [0.15, 0.2) is 0 Å². The third-order valence-corrected chi connectivity index (χ3v) is 6.01. The molecular formula is C16H31N3. The maximum absolute atomic E-state index is 6.27. The van der Waals surface area contributed by atoms with Gasteiger partial charge in [0.2, 0.25) is 0 Å². The summed E-state index contributed by atoms with van der Waals surface area (Å²) in [7, 11) is 0. The first-order valence-corrected chi connectivity index (χ1v) is 8.26. The lowest BCUT2D eigenvalue weighted by Crippen LogP contribution is -2.62. The number of nitrogens with zero attached hydrogens (tertiary/aromatic N) is 2. The van der Waals surface area contributed by atoms with Crippen LogP contribution in [-0.2, 0) is 0 Å². The summed E-state index contributed by atoms with van der Waals surface area (Å²) in [5.74, 6) is 1.63. The highest BCUT2D eigenvalue weighted by molar-refractivity contribution is 5.06. The summed E-state index contributed by atoms with van der Waals surface area (Å²) in [6.07, 6.45) is 5.50. The van der Waals surface area contributed by atoms with Crippen molar-refractivity contribution in [2.75, 3.05) is 26.2 Å². The maximum Gasteiger partial charge on any atom is 0.0473 e. The average molecular weight is 265 g/mol. The fourth-order valence-corrected chi connectivity index (χ4v) is 4.50. The van der Waals surface area contributed by atoms with Crippen LogP contribution in [0.25, 0.3) is 0 Å². The van der Waals surface area contributed by atoms with Gasteiger partial charge in [0.25, 0.3) is 0 Å². The summed E-state index contributed by atoms with van der Waals surface area (Å²) in [5, 5.41) is 0. The zero-order valence-corrected chi connectivity index (χ0v) is 12.9. The van der Waals surface area contributed by atoms with Gasteiger partial charge in [-0.2, -0.15) is 0 Å². The molecule has 3 fully saturated rings. The van der Waals surface area contributed by atoms with Crippen LogP contribution in [0, 0.1) is 11.8 Å². The SMILES string of the molecule is CC1CC(C)C(C)N(C2(CN)CCN(C3CC3)C2)C1. The third kappa shape index (κ3) is 2.45. The van der Waals surface area contributed by atoms with Crippen molar-refractivity contribution in [3.63, 3.8) is 0 Å². The molecule has 3 heteroatoms. The Morgan fingerprint density at radius 1 is 1.21 bits per heavy atom. The number of piperidine rings is 1.